The van der Waals surface area contributed by atoms with Crippen molar-refractivity contribution in [1.82, 2.24) is 4.68 Å². The quantitative estimate of drug-likeness (QED) is 0.607. The van der Waals surface area contributed by atoms with Crippen molar-refractivity contribution < 1.29 is 14.0 Å². The van der Waals surface area contributed by atoms with E-state index in [9.17, 15) is 9.59 Å². The molecule has 3 rings (SSSR count). The molecule has 0 saturated heterocycles. The summed E-state index contributed by atoms with van der Waals surface area (Å²) in [5, 5.41) is 0.811. The van der Waals surface area contributed by atoms with Crippen LogP contribution in [0.5, 0.6) is 0 Å². The maximum atomic E-state index is 12.4. The highest BCUT2D eigenvalue weighted by Crippen LogP contribution is 2.31. The van der Waals surface area contributed by atoms with E-state index in [4.69, 9.17) is 4.42 Å². The third-order valence-electron chi connectivity index (χ3n) is 3.57. The Bertz CT molecular complexity index is 941. The van der Waals surface area contributed by atoms with Crippen molar-refractivity contribution in [2.75, 3.05) is 5.43 Å². The number of nitrogens with zero attached hydrogens (tertiary/aromatic N) is 1. The molecule has 0 radical (unpaired) electrons. The number of rotatable bonds is 3. The van der Waals surface area contributed by atoms with Gasteiger partial charge in [0.05, 0.1) is 4.47 Å². The van der Waals surface area contributed by atoms with Crippen molar-refractivity contribution in [2.24, 2.45) is 0 Å². The Morgan fingerprint density at radius 1 is 1.22 bits per heavy atom. The predicted molar refractivity (Wildman–Crippen MR) is 94.6 cm³/mol. The Morgan fingerprint density at radius 2 is 1.96 bits per heavy atom. The lowest BCUT2D eigenvalue weighted by Gasteiger charge is -2.09. The lowest BCUT2D eigenvalue weighted by atomic mass is 10.2. The van der Waals surface area contributed by atoms with Crippen molar-refractivity contribution in [3.63, 3.8) is 0 Å². The number of hydrogen-bond donors (Lipinski definition) is 1. The van der Waals surface area contributed by atoms with Crippen LogP contribution in [0.15, 0.2) is 37.6 Å². The van der Waals surface area contributed by atoms with E-state index < -0.39 is 0 Å². The topological polar surface area (TPSA) is 64.2 Å². The van der Waals surface area contributed by atoms with Crippen molar-refractivity contribution in [3.8, 4) is 0 Å². The van der Waals surface area contributed by atoms with E-state index in [1.165, 1.54) is 0 Å². The Morgan fingerprint density at radius 3 is 2.61 bits per heavy atom. The molecule has 0 aliphatic carbocycles. The molecule has 0 atom stereocenters. The van der Waals surface area contributed by atoms with E-state index in [1.807, 2.05) is 19.1 Å². The Balaban J connectivity index is 1.97. The molecular weight excluding hydrogens is 428 g/mol. The first kappa shape index (κ1) is 16.0. The number of aryl methyl sites for hydroxylation is 1. The Kier molecular flexibility index (Phi) is 4.16. The van der Waals surface area contributed by atoms with Crippen LogP contribution in [0.25, 0.3) is 11.0 Å². The van der Waals surface area contributed by atoms with Gasteiger partial charge in [0.15, 0.2) is 12.0 Å². The van der Waals surface area contributed by atoms with Crippen LogP contribution < -0.4 is 5.43 Å². The second-order valence-electron chi connectivity index (χ2n) is 5.14. The predicted octanol–water partition coefficient (Wildman–Crippen LogP) is 4.57. The highest BCUT2D eigenvalue weighted by atomic mass is 79.9. The fourth-order valence-electron chi connectivity index (χ4n) is 2.42. The molecule has 0 saturated carbocycles. The first-order valence-electron chi connectivity index (χ1n) is 6.74. The summed E-state index contributed by atoms with van der Waals surface area (Å²) in [7, 11) is 0. The van der Waals surface area contributed by atoms with Crippen molar-refractivity contribution >= 4 is 55.0 Å². The monoisotopic (exact) mass is 438 g/mol. The minimum atomic E-state index is -0.386. The molecule has 2 heterocycles. The second kappa shape index (κ2) is 5.98. The smallest absolute Gasteiger partial charge is 0.305 e. The third-order valence-corrected chi connectivity index (χ3v) is 4.62. The van der Waals surface area contributed by atoms with Gasteiger partial charge in [-0.25, -0.2) is 0 Å². The fourth-order valence-corrected chi connectivity index (χ4v) is 3.76. The molecule has 0 spiro atoms. The number of carbonyl (C=O) groups is 2. The highest BCUT2D eigenvalue weighted by molar-refractivity contribution is 9.11. The van der Waals surface area contributed by atoms with Crippen LogP contribution in [0.3, 0.4) is 0 Å². The SMILES string of the molecule is Cc1cc(C=O)c(C)n1NC(=O)c1cc2cc(Br)cc(Br)c2o1. The second-order valence-corrected chi connectivity index (χ2v) is 6.91. The molecule has 1 aromatic carbocycles. The third kappa shape index (κ3) is 2.86. The summed E-state index contributed by atoms with van der Waals surface area (Å²) in [6.07, 6.45) is 0.765. The number of carbonyl (C=O) groups excluding carboxylic acids is 2. The van der Waals surface area contributed by atoms with Crippen LogP contribution in [-0.4, -0.2) is 16.9 Å². The molecule has 1 N–H and O–H groups in total. The number of nitrogens with one attached hydrogen (secondary N) is 1. The molecule has 0 aliphatic rings. The molecule has 2 aromatic heterocycles. The van der Waals surface area contributed by atoms with E-state index in [1.54, 1.807) is 23.7 Å². The Labute approximate surface area is 148 Å². The van der Waals surface area contributed by atoms with Crippen LogP contribution in [0.2, 0.25) is 0 Å². The van der Waals surface area contributed by atoms with E-state index in [2.05, 4.69) is 37.3 Å². The van der Waals surface area contributed by atoms with E-state index in [0.29, 0.717) is 16.8 Å². The summed E-state index contributed by atoms with van der Waals surface area (Å²) in [5.74, 6) is -0.192. The first-order chi connectivity index (χ1) is 10.9. The van der Waals surface area contributed by atoms with Gasteiger partial charge in [-0.15, -0.1) is 0 Å². The Hall–Kier alpha value is -1.86. The van der Waals surface area contributed by atoms with Crippen LogP contribution in [-0.2, 0) is 0 Å². The van der Waals surface area contributed by atoms with Gasteiger partial charge in [0.2, 0.25) is 0 Å². The lowest BCUT2D eigenvalue weighted by molar-refractivity contribution is 0.0982. The van der Waals surface area contributed by atoms with Crippen LogP contribution >= 0.6 is 31.9 Å². The van der Waals surface area contributed by atoms with Crippen LogP contribution in [0.4, 0.5) is 0 Å². The molecule has 0 unspecified atom stereocenters. The number of fused-ring (bicyclic) bond motifs is 1. The maximum absolute atomic E-state index is 12.4. The normalized spacial score (nSPS) is 11.0. The van der Waals surface area contributed by atoms with Gasteiger partial charge in [0.25, 0.3) is 0 Å². The number of hydrogen-bond acceptors (Lipinski definition) is 3. The standard InChI is InChI=1S/C16H12Br2N2O3/c1-8-3-11(7-21)9(2)20(8)19-16(22)14-5-10-4-12(17)6-13(18)15(10)23-14/h3-7H,1-2H3,(H,19,22). The largest absolute Gasteiger partial charge is 0.450 e. The zero-order chi connectivity index (χ0) is 16.7. The lowest BCUT2D eigenvalue weighted by Crippen LogP contribution is -2.24. The van der Waals surface area contributed by atoms with Gasteiger partial charge in [-0.1, -0.05) is 15.9 Å². The van der Waals surface area contributed by atoms with Gasteiger partial charge in [0.1, 0.15) is 5.58 Å². The number of furan rings is 1. The van der Waals surface area contributed by atoms with Crippen LogP contribution in [0.1, 0.15) is 32.3 Å². The van der Waals surface area contributed by atoms with Gasteiger partial charge in [-0.3, -0.25) is 19.7 Å². The molecule has 0 fully saturated rings. The summed E-state index contributed by atoms with van der Waals surface area (Å²) >= 11 is 6.82. The van der Waals surface area contributed by atoms with Crippen molar-refractivity contribution in [2.45, 2.75) is 13.8 Å². The average molecular weight is 440 g/mol. The van der Waals surface area contributed by atoms with Gasteiger partial charge in [-0.05, 0) is 54.0 Å². The summed E-state index contributed by atoms with van der Waals surface area (Å²) in [6, 6.07) is 7.12. The van der Waals surface area contributed by atoms with E-state index in [0.717, 1.165) is 26.3 Å². The number of amides is 1. The summed E-state index contributed by atoms with van der Waals surface area (Å²) in [6.45, 7) is 3.58. The first-order valence-corrected chi connectivity index (χ1v) is 8.33. The molecule has 1 amide bonds. The number of halogens is 2. The molecule has 5 nitrogen and oxygen atoms in total. The van der Waals surface area contributed by atoms with Crippen molar-refractivity contribution in [1.29, 1.82) is 0 Å². The minimum Gasteiger partial charge on any atom is -0.450 e. The van der Waals surface area contributed by atoms with Gasteiger partial charge >= 0.3 is 5.91 Å². The van der Waals surface area contributed by atoms with E-state index >= 15 is 0 Å². The van der Waals surface area contributed by atoms with Crippen LogP contribution in [0, 0.1) is 13.8 Å². The summed E-state index contributed by atoms with van der Waals surface area (Å²) < 4.78 is 8.86. The highest BCUT2D eigenvalue weighted by Gasteiger charge is 2.17. The van der Waals surface area contributed by atoms with Gasteiger partial charge in [-0.2, -0.15) is 0 Å². The molecule has 7 heteroatoms. The average Bonchev–Trinajstić information content (AvgIpc) is 3.03. The molecule has 0 bridgehead atoms. The zero-order valence-electron chi connectivity index (χ0n) is 12.3. The summed E-state index contributed by atoms with van der Waals surface area (Å²) in [4.78, 5) is 23.4. The molecule has 0 aliphatic heterocycles. The summed E-state index contributed by atoms with van der Waals surface area (Å²) in [5.41, 5.74) is 5.32. The number of benzene rings is 1. The molecular formula is C16H12Br2N2O3. The van der Waals surface area contributed by atoms with Crippen molar-refractivity contribution in [3.05, 3.63) is 55.9 Å². The number of aldehydes is 1. The van der Waals surface area contributed by atoms with Gasteiger partial charge in [0, 0.05) is 26.8 Å². The van der Waals surface area contributed by atoms with E-state index in [-0.39, 0.29) is 11.7 Å². The molecule has 3 aromatic rings. The minimum absolute atomic E-state index is 0.193. The zero-order valence-corrected chi connectivity index (χ0v) is 15.5. The fraction of sp³-hybridized carbons (Fsp3) is 0.125. The van der Waals surface area contributed by atoms with Gasteiger partial charge < -0.3 is 4.42 Å². The molecule has 118 valence electrons. The maximum Gasteiger partial charge on any atom is 0.305 e. The molecule has 23 heavy (non-hydrogen) atoms. The number of aromatic nitrogens is 1.